The summed E-state index contributed by atoms with van der Waals surface area (Å²) in [5, 5.41) is 11.5. The van der Waals surface area contributed by atoms with E-state index in [1.165, 1.54) is 13.6 Å². The van der Waals surface area contributed by atoms with Crippen molar-refractivity contribution in [3.8, 4) is 52.2 Å². The predicted molar refractivity (Wildman–Crippen MR) is 259 cm³/mol. The summed E-state index contributed by atoms with van der Waals surface area (Å²) in [6.07, 6.45) is 2.37. The summed E-state index contributed by atoms with van der Waals surface area (Å²) < 4.78 is 54.2. The van der Waals surface area contributed by atoms with Gasteiger partial charge < -0.3 is 0 Å². The molecule has 0 spiro atoms. The minimum atomic E-state index is -6.31. The minimum absolute atomic E-state index is 0.226. The van der Waals surface area contributed by atoms with Crippen LogP contribution in [-0.2, 0) is 0 Å². The van der Waals surface area contributed by atoms with Crippen molar-refractivity contribution in [3.63, 3.8) is 0 Å². The van der Waals surface area contributed by atoms with Crippen molar-refractivity contribution in [3.05, 3.63) is 243 Å². The summed E-state index contributed by atoms with van der Waals surface area (Å²) in [4.78, 5) is 14.7. The summed E-state index contributed by atoms with van der Waals surface area (Å²) in [6, 6.07) is 72.0. The molecule has 2 atom stereocenters. The summed E-state index contributed by atoms with van der Waals surface area (Å²) in [5.74, 6) is 2.28. The first kappa shape index (κ1) is 44.1. The summed E-state index contributed by atoms with van der Waals surface area (Å²) >= 11 is 0. The van der Waals surface area contributed by atoms with Gasteiger partial charge in [0.1, 0.15) is 0 Å². The van der Waals surface area contributed by atoms with Gasteiger partial charge in [0, 0.05) is 0 Å². The number of nitrogens with zero attached hydrogens (tertiary/aromatic N) is 5. The molecular formula is C49H41N5O8P4. The molecule has 0 bridgehead atoms. The molecular weight excluding hydrogens is 910 g/mol. The zero-order valence-corrected chi connectivity index (χ0v) is 38.6. The van der Waals surface area contributed by atoms with Gasteiger partial charge in [-0.15, -0.1) is 0 Å². The standard InChI is InChI=1S/C49H41N5O8P4/c50-41-52-63-51-65(58-45-31-15-4-16-32-45,59-46-33-17-5-18-34-46)54(56-43-27-11-2-12-28-43)66(60-47-35-19-6-20-36-47,61-48-37-21-7-22-38-48,62-49-39-23-8-24-40-49)53(55-42-25-9-1-10-26-42)64(52)57-44-29-13-3-14-30-44/h1-40,63H. The van der Waals surface area contributed by atoms with E-state index < -0.39 is 32.6 Å². The molecule has 13 nitrogen and oxygen atoms in total. The Morgan fingerprint density at radius 1 is 0.424 bits per heavy atom. The normalized spacial score (nSPS) is 17.3. The van der Waals surface area contributed by atoms with Gasteiger partial charge in [-0.05, 0) is 0 Å². The van der Waals surface area contributed by atoms with Crippen molar-refractivity contribution >= 4 is 32.6 Å². The van der Waals surface area contributed by atoms with E-state index in [9.17, 15) is 5.26 Å². The van der Waals surface area contributed by atoms with Gasteiger partial charge in [-0.3, -0.25) is 0 Å². The molecule has 1 aliphatic heterocycles. The van der Waals surface area contributed by atoms with E-state index in [1.54, 1.807) is 97.1 Å². The van der Waals surface area contributed by atoms with E-state index in [1.807, 2.05) is 146 Å². The molecule has 0 aromatic heterocycles. The van der Waals surface area contributed by atoms with Gasteiger partial charge in [0.05, 0.1) is 0 Å². The van der Waals surface area contributed by atoms with Gasteiger partial charge in [0.15, 0.2) is 0 Å². The molecule has 8 aromatic rings. The first-order chi connectivity index (χ1) is 32.5. The second kappa shape index (κ2) is 20.4. The zero-order chi connectivity index (χ0) is 44.9. The number of hydrogen-bond acceptors (Lipinski definition) is 13. The average molecular weight is 952 g/mol. The van der Waals surface area contributed by atoms with Crippen LogP contribution in [-0.4, -0.2) is 13.6 Å². The second-order valence-electron chi connectivity index (χ2n) is 13.9. The Balaban J connectivity index is 1.51. The number of hydrogen-bond donors (Lipinski definition) is 0. The Morgan fingerprint density at radius 2 is 0.742 bits per heavy atom. The van der Waals surface area contributed by atoms with Crippen LogP contribution >= 0.6 is 32.6 Å². The second-order valence-corrected chi connectivity index (χ2v) is 22.4. The van der Waals surface area contributed by atoms with Crippen LogP contribution in [0.4, 0.5) is 0 Å². The molecule has 0 fully saturated rings. The van der Waals surface area contributed by atoms with Gasteiger partial charge in [-0.25, -0.2) is 0 Å². The molecule has 0 amide bonds. The van der Waals surface area contributed by atoms with Crippen molar-refractivity contribution in [1.29, 1.82) is 5.26 Å². The molecule has 9 rings (SSSR count). The third-order valence-corrected chi connectivity index (χ3v) is 20.0. The first-order valence-corrected chi connectivity index (χ1v) is 26.0. The van der Waals surface area contributed by atoms with E-state index in [4.69, 9.17) is 41.3 Å². The Labute approximate surface area is 386 Å². The first-order valence-electron chi connectivity index (χ1n) is 20.5. The van der Waals surface area contributed by atoms with Crippen LogP contribution < -0.4 is 36.8 Å². The third-order valence-electron chi connectivity index (χ3n) is 9.21. The van der Waals surface area contributed by atoms with Gasteiger partial charge in [0.25, 0.3) is 0 Å². The number of para-hydroxylation sites is 8. The molecule has 330 valence electrons. The number of benzene rings is 8. The Kier molecular flexibility index (Phi) is 13.6. The van der Waals surface area contributed by atoms with Gasteiger partial charge in [0.2, 0.25) is 0 Å². The Bertz CT molecular complexity index is 2720. The SMILES string of the molecule is N#CN1PN=P(Oc2ccccc2)(Oc2ccccc2)N(Oc2ccccc2)P(Oc2ccccc2)(Oc2ccccc2)(Oc2ccccc2)N(Oc2ccccc2)P1Oc1ccccc1. The molecule has 1 aliphatic rings. The quantitative estimate of drug-likeness (QED) is 0.0677. The van der Waals surface area contributed by atoms with Crippen molar-refractivity contribution < 1.29 is 36.8 Å². The van der Waals surface area contributed by atoms with E-state index >= 15 is 0 Å². The molecule has 0 radical (unpaired) electrons. The van der Waals surface area contributed by atoms with E-state index in [2.05, 4.69) is 6.19 Å². The van der Waals surface area contributed by atoms with Crippen molar-refractivity contribution in [1.82, 2.24) is 13.6 Å². The molecule has 0 aliphatic carbocycles. The van der Waals surface area contributed by atoms with E-state index in [-0.39, 0.29) is 28.7 Å². The van der Waals surface area contributed by atoms with Crippen LogP contribution in [0.15, 0.2) is 247 Å². The van der Waals surface area contributed by atoms with Crippen LogP contribution in [0.2, 0.25) is 0 Å². The van der Waals surface area contributed by atoms with Gasteiger partial charge in [-0.2, -0.15) is 0 Å². The fourth-order valence-electron chi connectivity index (χ4n) is 6.34. The van der Waals surface area contributed by atoms with E-state index in [0.717, 1.165) is 0 Å². The van der Waals surface area contributed by atoms with Crippen LogP contribution in [0.5, 0.6) is 46.0 Å². The zero-order valence-electron chi connectivity index (χ0n) is 34.9. The monoisotopic (exact) mass is 951 g/mol. The summed E-state index contributed by atoms with van der Waals surface area (Å²) in [5.41, 5.74) is 0. The van der Waals surface area contributed by atoms with Crippen LogP contribution in [0, 0.1) is 11.5 Å². The van der Waals surface area contributed by atoms with Crippen molar-refractivity contribution in [2.24, 2.45) is 4.52 Å². The van der Waals surface area contributed by atoms with Crippen molar-refractivity contribution in [2.75, 3.05) is 0 Å². The average Bonchev–Trinajstić information content (AvgIpc) is 3.37. The predicted octanol–water partition coefficient (Wildman–Crippen LogP) is 14.7. The molecule has 0 saturated heterocycles. The summed E-state index contributed by atoms with van der Waals surface area (Å²) in [7, 11) is -14.2. The number of nitriles is 1. The molecule has 0 N–H and O–H groups in total. The maximum atomic E-state index is 11.5. The van der Waals surface area contributed by atoms with Crippen LogP contribution in [0.3, 0.4) is 0 Å². The molecule has 66 heavy (non-hydrogen) atoms. The Morgan fingerprint density at radius 3 is 1.11 bits per heavy atom. The van der Waals surface area contributed by atoms with Crippen LogP contribution in [0.1, 0.15) is 0 Å². The topological polar surface area (TPSA) is 120 Å². The fourth-order valence-corrected chi connectivity index (χ4v) is 18.4. The Hall–Kier alpha value is -7.11. The van der Waals surface area contributed by atoms with Gasteiger partial charge >= 0.3 is 388 Å². The maximum absolute atomic E-state index is 11.5. The molecule has 17 heteroatoms. The third kappa shape index (κ3) is 9.77. The van der Waals surface area contributed by atoms with Crippen LogP contribution in [0.25, 0.3) is 0 Å². The summed E-state index contributed by atoms with van der Waals surface area (Å²) in [6.45, 7) is 0. The van der Waals surface area contributed by atoms with Crippen molar-refractivity contribution in [2.45, 2.75) is 0 Å². The van der Waals surface area contributed by atoms with E-state index in [0.29, 0.717) is 17.2 Å². The fraction of sp³-hybridized carbons (Fsp3) is 0. The molecule has 1 heterocycles. The molecule has 0 saturated carbocycles. The molecule has 2 unspecified atom stereocenters. The molecule has 8 aromatic carbocycles. The van der Waals surface area contributed by atoms with Gasteiger partial charge in [-0.1, -0.05) is 0 Å². The number of rotatable bonds is 16.